The largest absolute Gasteiger partial charge is 0.494 e. The van der Waals surface area contributed by atoms with E-state index in [1.165, 1.54) is 11.1 Å². The minimum absolute atomic E-state index is 0.293. The monoisotopic (exact) mass is 346 g/mol. The fourth-order valence-electron chi connectivity index (χ4n) is 3.51. The van der Waals surface area contributed by atoms with Crippen molar-refractivity contribution in [1.29, 1.82) is 0 Å². The van der Waals surface area contributed by atoms with E-state index in [0.717, 1.165) is 64.7 Å². The second-order valence-electron chi connectivity index (χ2n) is 6.76. The number of hydrogen-bond donors (Lipinski definition) is 1. The molecule has 1 aromatic carbocycles. The molecule has 2 heterocycles. The van der Waals surface area contributed by atoms with Crippen molar-refractivity contribution in [3.05, 3.63) is 35.9 Å². The summed E-state index contributed by atoms with van der Waals surface area (Å²) in [5.41, 5.74) is 2.67. The molecule has 0 spiro atoms. The third-order valence-electron chi connectivity index (χ3n) is 4.87. The van der Waals surface area contributed by atoms with E-state index in [1.54, 1.807) is 0 Å². The van der Waals surface area contributed by atoms with Crippen molar-refractivity contribution in [2.24, 2.45) is 0 Å². The SMILES string of the molecule is CCOc1ccc(C2=CCN(CC(O)CN3CCOCC3)CC2)cc1. The van der Waals surface area contributed by atoms with Gasteiger partial charge in [-0.3, -0.25) is 9.80 Å². The first-order valence-electron chi connectivity index (χ1n) is 9.37. The zero-order chi connectivity index (χ0) is 17.5. The van der Waals surface area contributed by atoms with Crippen molar-refractivity contribution < 1.29 is 14.6 Å². The lowest BCUT2D eigenvalue weighted by Gasteiger charge is -2.32. The van der Waals surface area contributed by atoms with Crippen molar-refractivity contribution in [2.75, 3.05) is 59.1 Å². The maximum absolute atomic E-state index is 10.4. The number of benzene rings is 1. The molecule has 0 aliphatic carbocycles. The Morgan fingerprint density at radius 2 is 1.80 bits per heavy atom. The van der Waals surface area contributed by atoms with Gasteiger partial charge in [-0.1, -0.05) is 18.2 Å². The van der Waals surface area contributed by atoms with Crippen LogP contribution < -0.4 is 4.74 Å². The maximum atomic E-state index is 10.4. The first-order valence-corrected chi connectivity index (χ1v) is 9.37. The summed E-state index contributed by atoms with van der Waals surface area (Å²) >= 11 is 0. The number of aliphatic hydroxyl groups excluding tert-OH is 1. The highest BCUT2D eigenvalue weighted by atomic mass is 16.5. The Bertz CT molecular complexity index is 553. The molecule has 3 rings (SSSR count). The van der Waals surface area contributed by atoms with Gasteiger partial charge in [0.25, 0.3) is 0 Å². The van der Waals surface area contributed by atoms with Crippen LogP contribution in [0.5, 0.6) is 5.75 Å². The first-order chi connectivity index (χ1) is 12.2. The Kier molecular flexibility index (Phi) is 6.87. The molecule has 1 aromatic rings. The fourth-order valence-corrected chi connectivity index (χ4v) is 3.51. The molecule has 1 unspecified atom stereocenters. The predicted molar refractivity (Wildman–Crippen MR) is 99.9 cm³/mol. The summed E-state index contributed by atoms with van der Waals surface area (Å²) in [6.07, 6.45) is 3.03. The smallest absolute Gasteiger partial charge is 0.119 e. The van der Waals surface area contributed by atoms with Crippen molar-refractivity contribution in [1.82, 2.24) is 9.80 Å². The van der Waals surface area contributed by atoms with E-state index in [2.05, 4.69) is 28.0 Å². The van der Waals surface area contributed by atoms with Crippen LogP contribution in [0.1, 0.15) is 18.9 Å². The number of aliphatic hydroxyl groups is 1. The number of hydrogen-bond acceptors (Lipinski definition) is 5. The van der Waals surface area contributed by atoms with E-state index in [4.69, 9.17) is 9.47 Å². The van der Waals surface area contributed by atoms with E-state index in [-0.39, 0.29) is 6.10 Å². The summed E-state index contributed by atoms with van der Waals surface area (Å²) < 4.78 is 10.9. The second-order valence-corrected chi connectivity index (χ2v) is 6.76. The number of β-amino-alcohol motifs (C(OH)–C–C–N with tert-alkyl or cyclic N) is 1. The van der Waals surface area contributed by atoms with Gasteiger partial charge >= 0.3 is 0 Å². The van der Waals surface area contributed by atoms with Crippen LogP contribution in [0.2, 0.25) is 0 Å². The van der Waals surface area contributed by atoms with Crippen LogP contribution in [-0.2, 0) is 4.74 Å². The third-order valence-corrected chi connectivity index (χ3v) is 4.87. The molecule has 1 atom stereocenters. The summed E-state index contributed by atoms with van der Waals surface area (Å²) in [6, 6.07) is 8.36. The second kappa shape index (κ2) is 9.34. The Labute approximate surface area is 150 Å². The van der Waals surface area contributed by atoms with Crippen LogP contribution in [0, 0.1) is 0 Å². The number of morpholine rings is 1. The summed E-state index contributed by atoms with van der Waals surface area (Å²) in [6.45, 7) is 9.51. The summed E-state index contributed by atoms with van der Waals surface area (Å²) in [5.74, 6) is 0.926. The highest BCUT2D eigenvalue weighted by molar-refractivity contribution is 5.67. The predicted octanol–water partition coefficient (Wildman–Crippen LogP) is 1.87. The van der Waals surface area contributed by atoms with E-state index < -0.39 is 0 Å². The van der Waals surface area contributed by atoms with Crippen molar-refractivity contribution in [3.8, 4) is 5.75 Å². The minimum Gasteiger partial charge on any atom is -0.494 e. The Morgan fingerprint density at radius 3 is 2.44 bits per heavy atom. The molecule has 138 valence electrons. The molecule has 25 heavy (non-hydrogen) atoms. The summed E-state index contributed by atoms with van der Waals surface area (Å²) in [4.78, 5) is 4.63. The molecule has 2 aliphatic rings. The zero-order valence-corrected chi connectivity index (χ0v) is 15.2. The molecule has 0 radical (unpaired) electrons. The topological polar surface area (TPSA) is 45.2 Å². The molecule has 5 heteroatoms. The number of rotatable bonds is 7. The van der Waals surface area contributed by atoms with E-state index in [0.29, 0.717) is 6.61 Å². The van der Waals surface area contributed by atoms with E-state index in [1.807, 2.05) is 19.1 Å². The average Bonchev–Trinajstić information content (AvgIpc) is 2.64. The molecule has 1 N–H and O–H groups in total. The van der Waals surface area contributed by atoms with Crippen LogP contribution in [0.4, 0.5) is 0 Å². The van der Waals surface area contributed by atoms with Crippen LogP contribution in [0.25, 0.3) is 5.57 Å². The Morgan fingerprint density at radius 1 is 1.08 bits per heavy atom. The molecular weight excluding hydrogens is 316 g/mol. The quantitative estimate of drug-likeness (QED) is 0.817. The Balaban J connectivity index is 1.46. The molecular formula is C20H30N2O3. The first kappa shape index (κ1) is 18.4. The van der Waals surface area contributed by atoms with E-state index in [9.17, 15) is 5.11 Å². The van der Waals surface area contributed by atoms with Crippen LogP contribution in [0.15, 0.2) is 30.3 Å². The standard InChI is InChI=1S/C20H30N2O3/c1-2-25-20-5-3-17(4-6-20)18-7-9-21(10-8-18)15-19(23)16-22-11-13-24-14-12-22/h3-7,19,23H,2,8-16H2,1H3. The number of nitrogens with zero attached hydrogens (tertiary/aromatic N) is 2. The van der Waals surface area contributed by atoms with Crippen molar-refractivity contribution in [3.63, 3.8) is 0 Å². The van der Waals surface area contributed by atoms with Gasteiger partial charge in [0.05, 0.1) is 25.9 Å². The van der Waals surface area contributed by atoms with Gasteiger partial charge in [0.1, 0.15) is 5.75 Å². The number of ether oxygens (including phenoxy) is 2. The highest BCUT2D eigenvalue weighted by Gasteiger charge is 2.19. The zero-order valence-electron chi connectivity index (χ0n) is 15.2. The minimum atomic E-state index is -0.293. The molecule has 1 saturated heterocycles. The highest BCUT2D eigenvalue weighted by Crippen LogP contribution is 2.24. The molecule has 0 amide bonds. The maximum Gasteiger partial charge on any atom is 0.119 e. The Hall–Kier alpha value is -1.40. The van der Waals surface area contributed by atoms with E-state index >= 15 is 0 Å². The molecule has 0 saturated carbocycles. The van der Waals surface area contributed by atoms with Gasteiger partial charge in [0, 0.05) is 39.3 Å². The lowest BCUT2D eigenvalue weighted by Crippen LogP contribution is -2.45. The lowest BCUT2D eigenvalue weighted by molar-refractivity contribution is 0.00768. The van der Waals surface area contributed by atoms with Crippen LogP contribution >= 0.6 is 0 Å². The lowest BCUT2D eigenvalue weighted by atomic mass is 9.99. The van der Waals surface area contributed by atoms with Gasteiger partial charge < -0.3 is 14.6 Å². The van der Waals surface area contributed by atoms with Gasteiger partial charge in [-0.15, -0.1) is 0 Å². The van der Waals surface area contributed by atoms with Crippen LogP contribution in [-0.4, -0.2) is 80.1 Å². The molecule has 2 aliphatic heterocycles. The van der Waals surface area contributed by atoms with Crippen molar-refractivity contribution >= 4 is 5.57 Å². The van der Waals surface area contributed by atoms with Crippen LogP contribution in [0.3, 0.4) is 0 Å². The molecule has 1 fully saturated rings. The van der Waals surface area contributed by atoms with Gasteiger partial charge in [-0.2, -0.15) is 0 Å². The molecule has 0 aromatic heterocycles. The normalized spacial score (nSPS) is 21.0. The van der Waals surface area contributed by atoms with Gasteiger partial charge in [-0.05, 0) is 36.6 Å². The average molecular weight is 346 g/mol. The van der Waals surface area contributed by atoms with Gasteiger partial charge in [-0.25, -0.2) is 0 Å². The summed E-state index contributed by atoms with van der Waals surface area (Å²) in [7, 11) is 0. The van der Waals surface area contributed by atoms with Crippen molar-refractivity contribution in [2.45, 2.75) is 19.4 Å². The summed E-state index contributed by atoms with van der Waals surface area (Å²) in [5, 5.41) is 10.4. The van der Waals surface area contributed by atoms with Gasteiger partial charge in [0.2, 0.25) is 0 Å². The molecule has 5 nitrogen and oxygen atoms in total. The molecule has 0 bridgehead atoms. The third kappa shape index (κ3) is 5.54. The fraction of sp³-hybridized carbons (Fsp3) is 0.600. The van der Waals surface area contributed by atoms with Gasteiger partial charge in [0.15, 0.2) is 0 Å².